The highest BCUT2D eigenvalue weighted by Crippen LogP contribution is 2.65. The molecule has 1 saturated carbocycles. The lowest BCUT2D eigenvalue weighted by Gasteiger charge is -2.11. The number of ether oxygens (including phenoxy) is 1. The number of nitrogens with one attached hydrogen (secondary N) is 2. The average Bonchev–Trinajstić information content (AvgIpc) is 3.37. The van der Waals surface area contributed by atoms with E-state index in [9.17, 15) is 18.4 Å². The van der Waals surface area contributed by atoms with Crippen LogP contribution in [-0.4, -0.2) is 22.8 Å². The Morgan fingerprint density at radius 2 is 1.47 bits per heavy atom. The molecule has 12 heteroatoms. The van der Waals surface area contributed by atoms with E-state index in [0.29, 0.717) is 21.3 Å². The summed E-state index contributed by atoms with van der Waals surface area (Å²) in [5, 5.41) is 6.20. The van der Waals surface area contributed by atoms with Crippen LogP contribution in [0.25, 0.3) is 0 Å². The number of hydrogen-bond donors (Lipinski definition) is 2. The van der Waals surface area contributed by atoms with Gasteiger partial charge in [-0.3, -0.25) is 9.59 Å². The van der Waals surface area contributed by atoms with Gasteiger partial charge in [0.25, 0.3) is 5.91 Å². The lowest BCUT2D eigenvalue weighted by atomic mass is 10.1. The molecule has 0 radical (unpaired) electrons. The average molecular weight is 595 g/mol. The molecule has 1 aliphatic rings. The fourth-order valence-corrected chi connectivity index (χ4v) is 5.31. The van der Waals surface area contributed by atoms with Crippen molar-refractivity contribution in [2.75, 3.05) is 10.6 Å². The smallest absolute Gasteiger partial charge is 0.387 e. The second kappa shape index (κ2) is 10.6. The summed E-state index contributed by atoms with van der Waals surface area (Å²) in [5.74, 6) is -2.44. The second-order valence-electron chi connectivity index (χ2n) is 7.87. The normalized spacial score (nSPS) is 18.0. The Hall–Kier alpha value is -2.29. The zero-order chi connectivity index (χ0) is 26.2. The van der Waals surface area contributed by atoms with Gasteiger partial charge < -0.3 is 15.4 Å². The lowest BCUT2D eigenvalue weighted by molar-refractivity contribution is -0.117. The number of anilines is 2. The molecule has 2 N–H and O–H groups in total. The number of rotatable bonds is 7. The van der Waals surface area contributed by atoms with Crippen molar-refractivity contribution in [2.24, 2.45) is 5.92 Å². The Kier molecular flexibility index (Phi) is 7.88. The molecule has 0 heterocycles. The van der Waals surface area contributed by atoms with Gasteiger partial charge in [0.15, 0.2) is 0 Å². The van der Waals surface area contributed by atoms with Crippen LogP contribution in [0, 0.1) is 5.92 Å². The molecule has 0 bridgehead atoms. The third-order valence-corrected chi connectivity index (χ3v) is 7.10. The molecule has 1 fully saturated rings. The van der Waals surface area contributed by atoms with Gasteiger partial charge in [-0.25, -0.2) is 0 Å². The van der Waals surface area contributed by atoms with Gasteiger partial charge in [0.05, 0.1) is 16.5 Å². The molecular formula is C24H15Cl5F2N2O3. The molecule has 0 unspecified atom stereocenters. The fraction of sp³-hybridized carbons (Fsp3) is 0.167. The van der Waals surface area contributed by atoms with Crippen molar-refractivity contribution in [2.45, 2.75) is 16.9 Å². The first-order valence-electron chi connectivity index (χ1n) is 10.3. The maximum Gasteiger partial charge on any atom is 0.387 e. The van der Waals surface area contributed by atoms with Crippen molar-refractivity contribution in [1.29, 1.82) is 0 Å². The Bertz CT molecular complexity index is 1300. The van der Waals surface area contributed by atoms with Gasteiger partial charge in [0.2, 0.25) is 5.91 Å². The summed E-state index contributed by atoms with van der Waals surface area (Å²) < 4.78 is 27.5. The van der Waals surface area contributed by atoms with Crippen LogP contribution in [0.2, 0.25) is 15.1 Å². The van der Waals surface area contributed by atoms with E-state index in [1.807, 2.05) is 0 Å². The molecule has 0 spiro atoms. The maximum atomic E-state index is 13.0. The van der Waals surface area contributed by atoms with Gasteiger partial charge in [0, 0.05) is 27.3 Å². The van der Waals surface area contributed by atoms with E-state index in [-0.39, 0.29) is 22.0 Å². The topological polar surface area (TPSA) is 67.4 Å². The highest BCUT2D eigenvalue weighted by Gasteiger charge is 2.67. The minimum Gasteiger partial charge on any atom is -0.435 e. The summed E-state index contributed by atoms with van der Waals surface area (Å²) >= 11 is 31.1. The Labute approximate surface area is 229 Å². The summed E-state index contributed by atoms with van der Waals surface area (Å²) in [6.07, 6.45) is 0. The fourth-order valence-electron chi connectivity index (χ4n) is 3.74. The summed E-state index contributed by atoms with van der Waals surface area (Å²) in [5.41, 5.74) is 1.30. The molecule has 4 rings (SSSR count). The minimum absolute atomic E-state index is 0.0566. The molecule has 1 aliphatic carbocycles. The highest BCUT2D eigenvalue weighted by atomic mass is 35.5. The predicted octanol–water partition coefficient (Wildman–Crippen LogP) is 8.03. The zero-order valence-corrected chi connectivity index (χ0v) is 21.7. The minimum atomic E-state index is -2.96. The third-order valence-electron chi connectivity index (χ3n) is 5.40. The van der Waals surface area contributed by atoms with Crippen molar-refractivity contribution in [3.63, 3.8) is 0 Å². The van der Waals surface area contributed by atoms with Crippen LogP contribution >= 0.6 is 58.0 Å². The number of amides is 2. The van der Waals surface area contributed by atoms with Crippen LogP contribution in [-0.2, 0) is 4.79 Å². The quantitative estimate of drug-likeness (QED) is 0.272. The van der Waals surface area contributed by atoms with Crippen molar-refractivity contribution in [3.8, 4) is 5.75 Å². The molecule has 3 aromatic rings. The lowest BCUT2D eigenvalue weighted by Crippen LogP contribution is -2.18. The SMILES string of the molecule is O=C(Nc1ccc(OC(F)F)cc1)c1cc(NC(=O)[C@@H]2[C@@H](c3cc(Cl)cc(Cl)c3)C2(Cl)Cl)ccc1Cl. The van der Waals surface area contributed by atoms with Crippen LogP contribution in [0.5, 0.6) is 5.75 Å². The third kappa shape index (κ3) is 5.98. The summed E-state index contributed by atoms with van der Waals surface area (Å²) in [4.78, 5) is 25.7. The van der Waals surface area contributed by atoms with Gasteiger partial charge in [0.1, 0.15) is 10.1 Å². The Morgan fingerprint density at radius 3 is 2.08 bits per heavy atom. The predicted molar refractivity (Wildman–Crippen MR) is 138 cm³/mol. The maximum absolute atomic E-state index is 13.0. The molecule has 2 atom stereocenters. The van der Waals surface area contributed by atoms with Gasteiger partial charge in [-0.1, -0.05) is 34.8 Å². The van der Waals surface area contributed by atoms with E-state index in [4.69, 9.17) is 58.0 Å². The van der Waals surface area contributed by atoms with Crippen LogP contribution in [0.15, 0.2) is 60.7 Å². The monoisotopic (exact) mass is 592 g/mol. The van der Waals surface area contributed by atoms with Crippen molar-refractivity contribution >= 4 is 81.2 Å². The van der Waals surface area contributed by atoms with Crippen LogP contribution < -0.4 is 15.4 Å². The Balaban J connectivity index is 1.46. The van der Waals surface area contributed by atoms with E-state index in [2.05, 4.69) is 15.4 Å². The van der Waals surface area contributed by atoms with E-state index >= 15 is 0 Å². The second-order valence-corrected chi connectivity index (χ2v) is 10.6. The zero-order valence-electron chi connectivity index (χ0n) is 17.9. The first kappa shape index (κ1) is 26.8. The summed E-state index contributed by atoms with van der Waals surface area (Å²) in [7, 11) is 0. The number of benzene rings is 3. The molecule has 0 aliphatic heterocycles. The van der Waals surface area contributed by atoms with Gasteiger partial charge >= 0.3 is 6.61 Å². The van der Waals surface area contributed by atoms with Gasteiger partial charge in [-0.15, -0.1) is 23.2 Å². The molecule has 2 amide bonds. The summed E-state index contributed by atoms with van der Waals surface area (Å²) in [6, 6.07) is 14.5. The van der Waals surface area contributed by atoms with E-state index in [0.717, 1.165) is 0 Å². The first-order valence-corrected chi connectivity index (χ1v) is 12.1. The number of carbonyl (C=O) groups excluding carboxylic acids is 2. The summed E-state index contributed by atoms with van der Waals surface area (Å²) in [6.45, 7) is -2.96. The van der Waals surface area contributed by atoms with Crippen molar-refractivity contribution in [1.82, 2.24) is 0 Å². The number of carbonyl (C=O) groups is 2. The van der Waals surface area contributed by atoms with Crippen LogP contribution in [0.1, 0.15) is 21.8 Å². The van der Waals surface area contributed by atoms with Gasteiger partial charge in [-0.2, -0.15) is 8.78 Å². The van der Waals surface area contributed by atoms with Crippen LogP contribution in [0.3, 0.4) is 0 Å². The number of hydrogen-bond acceptors (Lipinski definition) is 3. The Morgan fingerprint density at radius 1 is 0.861 bits per heavy atom. The van der Waals surface area contributed by atoms with Crippen molar-refractivity contribution in [3.05, 3.63) is 86.9 Å². The largest absolute Gasteiger partial charge is 0.435 e. The molecule has 36 heavy (non-hydrogen) atoms. The number of halogens is 7. The van der Waals surface area contributed by atoms with E-state index < -0.39 is 34.6 Å². The molecule has 0 aromatic heterocycles. The molecule has 5 nitrogen and oxygen atoms in total. The molecule has 3 aromatic carbocycles. The van der Waals surface area contributed by atoms with E-state index in [1.54, 1.807) is 18.2 Å². The van der Waals surface area contributed by atoms with Crippen molar-refractivity contribution < 1.29 is 23.1 Å². The van der Waals surface area contributed by atoms with Gasteiger partial charge in [-0.05, 0) is 66.2 Å². The molecular weight excluding hydrogens is 580 g/mol. The molecule has 188 valence electrons. The standard InChI is InChI=1S/C24H15Cl5F2N2O3/c25-12-7-11(8-13(26)9-12)19-20(24(19,28)29)22(35)33-15-3-6-18(27)17(10-15)21(34)32-14-1-4-16(5-2-14)36-23(30)31/h1-10,19-20,23H,(H,32,34)(H,33,35)/t19-,20+/m1/s1. The van der Waals surface area contributed by atoms with Crippen LogP contribution in [0.4, 0.5) is 20.2 Å². The number of alkyl halides is 4. The first-order chi connectivity index (χ1) is 17.0. The van der Waals surface area contributed by atoms with E-state index in [1.165, 1.54) is 42.5 Å². The highest BCUT2D eigenvalue weighted by molar-refractivity contribution is 6.53. The molecule has 0 saturated heterocycles.